The van der Waals surface area contributed by atoms with E-state index < -0.39 is 12.0 Å². The minimum Gasteiger partial charge on any atom is -0.478 e. The Kier molecular flexibility index (Phi) is 4.37. The molecule has 3 N–H and O–H groups in total. The van der Waals surface area contributed by atoms with Gasteiger partial charge < -0.3 is 15.7 Å². The lowest BCUT2D eigenvalue weighted by Crippen LogP contribution is -2.19. The van der Waals surface area contributed by atoms with Gasteiger partial charge in [-0.05, 0) is 46.3 Å². The number of carboxylic acid groups (broad SMARTS) is 1. The summed E-state index contributed by atoms with van der Waals surface area (Å²) in [6.07, 6.45) is 0. The maximum Gasteiger partial charge on any atom is 0.336 e. The van der Waals surface area contributed by atoms with E-state index in [9.17, 15) is 9.59 Å². The number of nitrogens with one attached hydrogen (secondary N) is 2. The average Bonchev–Trinajstić information content (AvgIpc) is 2.41. The first-order chi connectivity index (χ1) is 9.56. The predicted molar refractivity (Wildman–Crippen MR) is 80.2 cm³/mol. The van der Waals surface area contributed by atoms with Crippen molar-refractivity contribution in [2.75, 3.05) is 10.6 Å². The largest absolute Gasteiger partial charge is 0.478 e. The van der Waals surface area contributed by atoms with Crippen LogP contribution in [-0.4, -0.2) is 17.1 Å². The number of carbonyl (C=O) groups excluding carboxylic acids is 1. The summed E-state index contributed by atoms with van der Waals surface area (Å²) in [5.74, 6) is -1.07. The summed E-state index contributed by atoms with van der Waals surface area (Å²) in [6, 6.07) is 13.1. The highest BCUT2D eigenvalue weighted by atomic mass is 79.9. The van der Waals surface area contributed by atoms with Crippen molar-refractivity contribution >= 4 is 39.3 Å². The van der Waals surface area contributed by atoms with E-state index >= 15 is 0 Å². The van der Waals surface area contributed by atoms with Gasteiger partial charge in [-0.1, -0.05) is 18.2 Å². The third-order valence-electron chi connectivity index (χ3n) is 2.49. The van der Waals surface area contributed by atoms with Crippen LogP contribution in [0.5, 0.6) is 0 Å². The number of amides is 2. The van der Waals surface area contributed by atoms with Gasteiger partial charge in [0, 0.05) is 15.8 Å². The van der Waals surface area contributed by atoms with Crippen LogP contribution in [0.2, 0.25) is 0 Å². The second-order valence-corrected chi connectivity index (χ2v) is 4.80. The standard InChI is InChI=1S/C14H11BrN2O3/c15-12-7-6-10(8-11(12)13(18)19)17-14(20)16-9-4-2-1-3-5-9/h1-8H,(H,18,19)(H2,16,17,20). The van der Waals surface area contributed by atoms with E-state index in [1.165, 1.54) is 6.07 Å². The molecule has 20 heavy (non-hydrogen) atoms. The highest BCUT2D eigenvalue weighted by Gasteiger charge is 2.10. The van der Waals surface area contributed by atoms with Gasteiger partial charge in [0.05, 0.1) is 5.56 Å². The van der Waals surface area contributed by atoms with Gasteiger partial charge in [-0.3, -0.25) is 0 Å². The maximum atomic E-state index is 11.8. The van der Waals surface area contributed by atoms with Crippen LogP contribution in [0, 0.1) is 0 Å². The second kappa shape index (κ2) is 6.21. The summed E-state index contributed by atoms with van der Waals surface area (Å²) in [5, 5.41) is 14.2. The molecule has 0 aliphatic carbocycles. The van der Waals surface area contributed by atoms with Crippen molar-refractivity contribution in [1.82, 2.24) is 0 Å². The summed E-state index contributed by atoms with van der Waals surface area (Å²) in [4.78, 5) is 22.8. The molecule has 0 fully saturated rings. The zero-order valence-corrected chi connectivity index (χ0v) is 11.8. The van der Waals surface area contributed by atoms with E-state index in [1.807, 2.05) is 6.07 Å². The van der Waals surface area contributed by atoms with Gasteiger partial charge in [0.1, 0.15) is 0 Å². The van der Waals surface area contributed by atoms with Crippen molar-refractivity contribution in [3.63, 3.8) is 0 Å². The Labute approximate surface area is 123 Å². The molecule has 0 bridgehead atoms. The van der Waals surface area contributed by atoms with Crippen LogP contribution >= 0.6 is 15.9 Å². The Bertz CT molecular complexity index is 644. The van der Waals surface area contributed by atoms with E-state index in [0.717, 1.165) is 0 Å². The molecule has 0 aromatic heterocycles. The highest BCUT2D eigenvalue weighted by Crippen LogP contribution is 2.21. The number of hydrogen-bond donors (Lipinski definition) is 3. The first-order valence-corrected chi connectivity index (χ1v) is 6.51. The summed E-state index contributed by atoms with van der Waals surface area (Å²) in [7, 11) is 0. The van der Waals surface area contributed by atoms with Crippen molar-refractivity contribution in [3.8, 4) is 0 Å². The number of hydrogen-bond acceptors (Lipinski definition) is 2. The Morgan fingerprint density at radius 3 is 2.25 bits per heavy atom. The average molecular weight is 335 g/mol. The van der Waals surface area contributed by atoms with Crippen LogP contribution < -0.4 is 10.6 Å². The van der Waals surface area contributed by atoms with Gasteiger partial charge >= 0.3 is 12.0 Å². The zero-order valence-electron chi connectivity index (χ0n) is 10.3. The zero-order chi connectivity index (χ0) is 14.5. The van der Waals surface area contributed by atoms with Crippen LogP contribution in [-0.2, 0) is 0 Å². The SMILES string of the molecule is O=C(Nc1ccccc1)Nc1ccc(Br)c(C(=O)O)c1. The van der Waals surface area contributed by atoms with Crippen LogP contribution in [0.4, 0.5) is 16.2 Å². The lowest BCUT2D eigenvalue weighted by atomic mass is 10.2. The molecule has 0 radical (unpaired) electrons. The van der Waals surface area contributed by atoms with Crippen LogP contribution in [0.15, 0.2) is 53.0 Å². The van der Waals surface area contributed by atoms with Crippen LogP contribution in [0.25, 0.3) is 0 Å². The summed E-state index contributed by atoms with van der Waals surface area (Å²) in [6.45, 7) is 0. The minimum absolute atomic E-state index is 0.0857. The fourth-order valence-electron chi connectivity index (χ4n) is 1.58. The molecule has 0 spiro atoms. The number of benzene rings is 2. The second-order valence-electron chi connectivity index (χ2n) is 3.94. The predicted octanol–water partition coefficient (Wildman–Crippen LogP) is 3.79. The molecule has 0 atom stereocenters. The molecule has 2 amide bonds. The number of para-hydroxylation sites is 1. The number of anilines is 2. The van der Waals surface area contributed by atoms with Gasteiger partial charge in [-0.15, -0.1) is 0 Å². The molecule has 0 aliphatic heterocycles. The molecule has 2 rings (SSSR count). The monoisotopic (exact) mass is 334 g/mol. The number of rotatable bonds is 3. The van der Waals surface area contributed by atoms with E-state index in [-0.39, 0.29) is 5.56 Å². The lowest BCUT2D eigenvalue weighted by molar-refractivity contribution is 0.0696. The maximum absolute atomic E-state index is 11.8. The molecule has 0 aliphatic rings. The molecule has 5 nitrogen and oxygen atoms in total. The topological polar surface area (TPSA) is 78.4 Å². The molecule has 2 aromatic rings. The van der Waals surface area contributed by atoms with Crippen molar-refractivity contribution in [2.45, 2.75) is 0 Å². The number of carbonyl (C=O) groups is 2. The molecular formula is C14H11BrN2O3. The summed E-state index contributed by atoms with van der Waals surface area (Å²) >= 11 is 3.14. The number of carboxylic acids is 1. The third kappa shape index (κ3) is 3.58. The van der Waals surface area contributed by atoms with Crippen molar-refractivity contribution in [3.05, 3.63) is 58.6 Å². The fourth-order valence-corrected chi connectivity index (χ4v) is 2.00. The smallest absolute Gasteiger partial charge is 0.336 e. The van der Waals surface area contributed by atoms with E-state index in [2.05, 4.69) is 26.6 Å². The lowest BCUT2D eigenvalue weighted by Gasteiger charge is -2.08. The Morgan fingerprint density at radius 1 is 0.950 bits per heavy atom. The summed E-state index contributed by atoms with van der Waals surface area (Å²) in [5.41, 5.74) is 1.14. The molecular weight excluding hydrogens is 324 g/mol. The van der Waals surface area contributed by atoms with E-state index in [4.69, 9.17) is 5.11 Å². The third-order valence-corrected chi connectivity index (χ3v) is 3.18. The number of urea groups is 1. The molecule has 0 saturated carbocycles. The van der Waals surface area contributed by atoms with Crippen molar-refractivity contribution < 1.29 is 14.7 Å². The van der Waals surface area contributed by atoms with E-state index in [0.29, 0.717) is 15.8 Å². The molecule has 6 heteroatoms. The van der Waals surface area contributed by atoms with Crippen molar-refractivity contribution in [1.29, 1.82) is 0 Å². The first kappa shape index (κ1) is 14.1. The van der Waals surface area contributed by atoms with Crippen molar-refractivity contribution in [2.24, 2.45) is 0 Å². The first-order valence-electron chi connectivity index (χ1n) is 5.72. The van der Waals surface area contributed by atoms with Gasteiger partial charge in [0.25, 0.3) is 0 Å². The number of halogens is 1. The molecule has 0 saturated heterocycles. The van der Waals surface area contributed by atoms with Gasteiger partial charge in [0.15, 0.2) is 0 Å². The number of aromatic carboxylic acids is 1. The molecule has 0 heterocycles. The summed E-state index contributed by atoms with van der Waals surface area (Å²) < 4.78 is 0.457. The Hall–Kier alpha value is -2.34. The molecule has 102 valence electrons. The minimum atomic E-state index is -1.07. The van der Waals surface area contributed by atoms with Gasteiger partial charge in [-0.2, -0.15) is 0 Å². The fraction of sp³-hybridized carbons (Fsp3) is 0. The van der Waals surface area contributed by atoms with Crippen LogP contribution in [0.1, 0.15) is 10.4 Å². The highest BCUT2D eigenvalue weighted by molar-refractivity contribution is 9.10. The van der Waals surface area contributed by atoms with Gasteiger partial charge in [0.2, 0.25) is 0 Å². The Morgan fingerprint density at radius 2 is 1.60 bits per heavy atom. The normalized spacial score (nSPS) is 9.85. The van der Waals surface area contributed by atoms with Crippen LogP contribution in [0.3, 0.4) is 0 Å². The molecule has 2 aromatic carbocycles. The van der Waals surface area contributed by atoms with Gasteiger partial charge in [-0.25, -0.2) is 9.59 Å². The molecule has 0 unspecified atom stereocenters. The Balaban J connectivity index is 2.08. The quantitative estimate of drug-likeness (QED) is 0.798. The van der Waals surface area contributed by atoms with E-state index in [1.54, 1.807) is 36.4 Å².